The second-order valence-corrected chi connectivity index (χ2v) is 5.13. The molecule has 0 aliphatic heterocycles. The Hall–Kier alpha value is -0.640. The zero-order chi connectivity index (χ0) is 11.5. The number of nitrogens with zero attached hydrogens (tertiary/aromatic N) is 1. The molecular formula is C11H8Cl2FNS. The Balaban J connectivity index is 2.21. The zero-order valence-electron chi connectivity index (χ0n) is 8.16. The van der Waals surface area contributed by atoms with Gasteiger partial charge in [0.2, 0.25) is 0 Å². The van der Waals surface area contributed by atoms with Crippen molar-refractivity contribution in [3.05, 3.63) is 51.2 Å². The van der Waals surface area contributed by atoms with Gasteiger partial charge in [-0.3, -0.25) is 4.98 Å². The minimum atomic E-state index is -0.317. The number of benzene rings is 1. The van der Waals surface area contributed by atoms with Crippen LogP contribution in [-0.4, -0.2) is 4.98 Å². The fraction of sp³-hybridized carbons (Fsp3) is 0.182. The summed E-state index contributed by atoms with van der Waals surface area (Å²) in [5, 5.41) is 0.122. The lowest BCUT2D eigenvalue weighted by Crippen LogP contribution is -1.97. The van der Waals surface area contributed by atoms with Crippen LogP contribution in [0.1, 0.15) is 15.8 Å². The van der Waals surface area contributed by atoms with Crippen molar-refractivity contribution in [3.8, 4) is 0 Å². The maximum atomic E-state index is 13.5. The molecule has 2 rings (SSSR count). The van der Waals surface area contributed by atoms with Crippen LogP contribution in [0.25, 0.3) is 0 Å². The third kappa shape index (κ3) is 2.54. The van der Waals surface area contributed by atoms with Gasteiger partial charge in [-0.15, -0.1) is 22.9 Å². The predicted octanol–water partition coefficient (Wildman–Crippen LogP) is 4.46. The summed E-state index contributed by atoms with van der Waals surface area (Å²) >= 11 is 13.5. The standard InChI is InChI=1S/C11H8Cl2FNS/c12-8-2-1-3-10(14)7(8)4-9(13)11-5-15-6-16-11/h1-3,5-6,9H,4H2. The van der Waals surface area contributed by atoms with Crippen molar-refractivity contribution >= 4 is 34.5 Å². The van der Waals surface area contributed by atoms with Crippen LogP contribution in [0.5, 0.6) is 0 Å². The quantitative estimate of drug-likeness (QED) is 0.754. The maximum absolute atomic E-state index is 13.5. The van der Waals surface area contributed by atoms with Crippen LogP contribution < -0.4 is 0 Å². The summed E-state index contributed by atoms with van der Waals surface area (Å²) in [4.78, 5) is 4.85. The molecule has 0 saturated carbocycles. The van der Waals surface area contributed by atoms with Crippen LogP contribution in [0.4, 0.5) is 4.39 Å². The minimum absolute atomic E-state index is 0.290. The third-order valence-corrected chi connectivity index (χ3v) is 3.97. The first-order valence-corrected chi connectivity index (χ1v) is 6.33. The highest BCUT2D eigenvalue weighted by Crippen LogP contribution is 2.31. The molecule has 1 heterocycles. The van der Waals surface area contributed by atoms with Crippen LogP contribution in [-0.2, 0) is 6.42 Å². The monoisotopic (exact) mass is 275 g/mol. The topological polar surface area (TPSA) is 12.9 Å². The number of thiazole rings is 1. The van der Waals surface area contributed by atoms with Gasteiger partial charge < -0.3 is 0 Å². The minimum Gasteiger partial charge on any atom is -0.253 e. The fourth-order valence-corrected chi connectivity index (χ4v) is 2.59. The van der Waals surface area contributed by atoms with Crippen LogP contribution >= 0.6 is 34.5 Å². The van der Waals surface area contributed by atoms with E-state index in [0.29, 0.717) is 17.0 Å². The van der Waals surface area contributed by atoms with E-state index >= 15 is 0 Å². The van der Waals surface area contributed by atoms with Crippen molar-refractivity contribution in [1.82, 2.24) is 4.98 Å². The fourth-order valence-electron chi connectivity index (χ4n) is 1.39. The molecule has 0 spiro atoms. The largest absolute Gasteiger partial charge is 0.253 e. The number of halogens is 3. The number of alkyl halides is 1. The van der Waals surface area contributed by atoms with Crippen molar-refractivity contribution in [2.24, 2.45) is 0 Å². The van der Waals surface area contributed by atoms with E-state index in [-0.39, 0.29) is 11.2 Å². The number of aromatic nitrogens is 1. The maximum Gasteiger partial charge on any atom is 0.127 e. The summed E-state index contributed by atoms with van der Waals surface area (Å²) in [5.74, 6) is -0.317. The molecule has 0 radical (unpaired) electrons. The van der Waals surface area contributed by atoms with Gasteiger partial charge in [0.15, 0.2) is 0 Å². The smallest absolute Gasteiger partial charge is 0.127 e. The van der Waals surface area contributed by atoms with E-state index in [2.05, 4.69) is 4.98 Å². The second-order valence-electron chi connectivity index (χ2n) is 3.28. The van der Waals surface area contributed by atoms with E-state index in [0.717, 1.165) is 4.88 Å². The first-order valence-electron chi connectivity index (χ1n) is 4.64. The van der Waals surface area contributed by atoms with Gasteiger partial charge in [-0.25, -0.2) is 4.39 Å². The molecule has 1 nitrogen and oxygen atoms in total. The summed E-state index contributed by atoms with van der Waals surface area (Å²) in [6.45, 7) is 0. The highest BCUT2D eigenvalue weighted by molar-refractivity contribution is 7.09. The number of hydrogen-bond donors (Lipinski definition) is 0. The SMILES string of the molecule is Fc1cccc(Cl)c1CC(Cl)c1cncs1. The zero-order valence-corrected chi connectivity index (χ0v) is 10.5. The first kappa shape index (κ1) is 11.8. The normalized spacial score (nSPS) is 12.7. The summed E-state index contributed by atoms with van der Waals surface area (Å²) in [5.41, 5.74) is 2.16. The Kier molecular flexibility index (Phi) is 3.79. The Morgan fingerprint density at radius 3 is 2.88 bits per heavy atom. The highest BCUT2D eigenvalue weighted by atomic mass is 35.5. The molecule has 1 unspecified atom stereocenters. The molecule has 0 amide bonds. The Morgan fingerprint density at radius 2 is 2.25 bits per heavy atom. The van der Waals surface area contributed by atoms with Gasteiger partial charge >= 0.3 is 0 Å². The van der Waals surface area contributed by atoms with Gasteiger partial charge in [0.25, 0.3) is 0 Å². The van der Waals surface area contributed by atoms with E-state index < -0.39 is 0 Å². The third-order valence-electron chi connectivity index (χ3n) is 2.21. The van der Waals surface area contributed by atoms with Gasteiger partial charge in [0.05, 0.1) is 10.9 Å². The molecule has 1 aromatic heterocycles. The lowest BCUT2D eigenvalue weighted by molar-refractivity contribution is 0.608. The summed E-state index contributed by atoms with van der Waals surface area (Å²) in [7, 11) is 0. The Labute approximate surface area is 107 Å². The van der Waals surface area contributed by atoms with Gasteiger partial charge in [0.1, 0.15) is 5.82 Å². The van der Waals surface area contributed by atoms with Crippen molar-refractivity contribution in [2.75, 3.05) is 0 Å². The second kappa shape index (κ2) is 5.13. The van der Waals surface area contributed by atoms with Crippen molar-refractivity contribution in [2.45, 2.75) is 11.8 Å². The lowest BCUT2D eigenvalue weighted by atomic mass is 10.1. The molecular weight excluding hydrogens is 268 g/mol. The predicted molar refractivity (Wildman–Crippen MR) is 65.8 cm³/mol. The highest BCUT2D eigenvalue weighted by Gasteiger charge is 2.15. The van der Waals surface area contributed by atoms with E-state index in [4.69, 9.17) is 23.2 Å². The molecule has 0 N–H and O–H groups in total. The van der Waals surface area contributed by atoms with E-state index in [1.54, 1.807) is 23.8 Å². The summed E-state index contributed by atoms with van der Waals surface area (Å²) in [6, 6.07) is 4.63. The van der Waals surface area contributed by atoms with Crippen LogP contribution in [0.3, 0.4) is 0 Å². The van der Waals surface area contributed by atoms with Gasteiger partial charge in [-0.2, -0.15) is 0 Å². The molecule has 16 heavy (non-hydrogen) atoms. The Morgan fingerprint density at radius 1 is 1.44 bits per heavy atom. The molecule has 0 fully saturated rings. The summed E-state index contributed by atoms with van der Waals surface area (Å²) < 4.78 is 13.5. The number of hydrogen-bond acceptors (Lipinski definition) is 2. The summed E-state index contributed by atoms with van der Waals surface area (Å²) in [6.07, 6.45) is 2.06. The average Bonchev–Trinajstić information content (AvgIpc) is 2.76. The lowest BCUT2D eigenvalue weighted by Gasteiger charge is -2.09. The van der Waals surface area contributed by atoms with Crippen molar-refractivity contribution in [1.29, 1.82) is 0 Å². The van der Waals surface area contributed by atoms with Crippen molar-refractivity contribution < 1.29 is 4.39 Å². The molecule has 2 aromatic rings. The first-order chi connectivity index (χ1) is 7.68. The molecule has 1 aromatic carbocycles. The van der Waals surface area contributed by atoms with E-state index in [1.807, 2.05) is 0 Å². The van der Waals surface area contributed by atoms with E-state index in [9.17, 15) is 4.39 Å². The van der Waals surface area contributed by atoms with E-state index in [1.165, 1.54) is 17.4 Å². The van der Waals surface area contributed by atoms with Gasteiger partial charge in [0, 0.05) is 21.7 Å². The van der Waals surface area contributed by atoms with Crippen LogP contribution in [0.2, 0.25) is 5.02 Å². The molecule has 0 saturated heterocycles. The molecule has 5 heteroatoms. The van der Waals surface area contributed by atoms with Crippen LogP contribution in [0.15, 0.2) is 29.9 Å². The molecule has 1 atom stereocenters. The Bertz CT molecular complexity index is 453. The number of rotatable bonds is 3. The van der Waals surface area contributed by atoms with Gasteiger partial charge in [-0.05, 0) is 18.6 Å². The average molecular weight is 276 g/mol. The molecule has 84 valence electrons. The molecule has 0 aliphatic carbocycles. The van der Waals surface area contributed by atoms with Gasteiger partial charge in [-0.1, -0.05) is 17.7 Å². The molecule has 0 aliphatic rings. The molecule has 0 bridgehead atoms. The van der Waals surface area contributed by atoms with Crippen molar-refractivity contribution in [3.63, 3.8) is 0 Å². The van der Waals surface area contributed by atoms with Crippen LogP contribution in [0, 0.1) is 5.82 Å².